The average Bonchev–Trinajstić information content (AvgIpc) is 2.31. The molecule has 0 aliphatic heterocycles. The molecule has 0 heterocycles. The molecule has 0 aromatic heterocycles. The molecule has 0 saturated heterocycles. The maximum atomic E-state index is 13.5. The number of aliphatic hydroxyl groups excluding tert-OH is 1. The second kappa shape index (κ2) is 5.92. The molecule has 1 fully saturated rings. The van der Waals surface area contributed by atoms with E-state index in [1.54, 1.807) is 0 Å². The second-order valence-electron chi connectivity index (χ2n) is 4.95. The summed E-state index contributed by atoms with van der Waals surface area (Å²) in [4.78, 5) is 0. The summed E-state index contributed by atoms with van der Waals surface area (Å²) >= 11 is 0. The fraction of sp³-hybridized carbons (Fsp3) is 0.571. The lowest BCUT2D eigenvalue weighted by molar-refractivity contribution is -0.0383. The first-order valence-electron chi connectivity index (χ1n) is 6.45. The molecule has 19 heavy (non-hydrogen) atoms. The first kappa shape index (κ1) is 14.3. The summed E-state index contributed by atoms with van der Waals surface area (Å²) in [6, 6.07) is 1.20. The summed E-state index contributed by atoms with van der Waals surface area (Å²) in [6.45, 7) is 2.57. The minimum Gasteiger partial charge on any atom is -0.388 e. The Bertz CT molecular complexity index is 445. The molecule has 5 heteroatoms. The Labute approximate surface area is 110 Å². The maximum absolute atomic E-state index is 13.5. The van der Waals surface area contributed by atoms with E-state index in [0.717, 1.165) is 18.9 Å². The van der Waals surface area contributed by atoms with Crippen LogP contribution in [-0.4, -0.2) is 17.8 Å². The zero-order chi connectivity index (χ0) is 14.0. The van der Waals surface area contributed by atoms with E-state index in [2.05, 4.69) is 0 Å². The topological polar surface area (TPSA) is 29.5 Å². The van der Waals surface area contributed by atoms with Crippen LogP contribution < -0.4 is 0 Å². The maximum Gasteiger partial charge on any atom is 0.161 e. The van der Waals surface area contributed by atoms with Gasteiger partial charge in [-0.3, -0.25) is 0 Å². The third kappa shape index (κ3) is 3.28. The standard InChI is InChI=1S/C14H17F3O2/c1-2-19-9-3-8(4-9)5-14(18)10-6-12(16)13(17)7-11(10)15/h6-9,14,18H,2-5H2,1H3. The molecule has 1 aliphatic carbocycles. The molecule has 1 aromatic rings. The molecule has 2 rings (SSSR count). The lowest BCUT2D eigenvalue weighted by atomic mass is 9.78. The Hall–Kier alpha value is -1.07. The van der Waals surface area contributed by atoms with Crippen LogP contribution in [0.4, 0.5) is 13.2 Å². The molecular formula is C14H17F3O2. The molecule has 1 unspecified atom stereocenters. The predicted octanol–water partition coefficient (Wildman–Crippen LogP) is 3.34. The molecule has 0 bridgehead atoms. The minimum atomic E-state index is -1.24. The van der Waals surface area contributed by atoms with Crippen molar-refractivity contribution in [3.8, 4) is 0 Å². The highest BCUT2D eigenvalue weighted by atomic mass is 19.2. The quantitative estimate of drug-likeness (QED) is 0.834. The number of hydrogen-bond donors (Lipinski definition) is 1. The van der Waals surface area contributed by atoms with Gasteiger partial charge in [-0.05, 0) is 38.2 Å². The summed E-state index contributed by atoms with van der Waals surface area (Å²) in [5.74, 6) is -3.06. The van der Waals surface area contributed by atoms with E-state index >= 15 is 0 Å². The average molecular weight is 274 g/mol. The lowest BCUT2D eigenvalue weighted by Gasteiger charge is -2.36. The Morgan fingerprint density at radius 1 is 1.21 bits per heavy atom. The van der Waals surface area contributed by atoms with Gasteiger partial charge in [0.1, 0.15) is 5.82 Å². The normalized spacial score (nSPS) is 24.1. The van der Waals surface area contributed by atoms with Crippen molar-refractivity contribution >= 4 is 0 Å². The summed E-state index contributed by atoms with van der Waals surface area (Å²) in [6.07, 6.45) is 1.07. The van der Waals surface area contributed by atoms with Gasteiger partial charge in [0.2, 0.25) is 0 Å². The van der Waals surface area contributed by atoms with Crippen LogP contribution in [-0.2, 0) is 4.74 Å². The largest absolute Gasteiger partial charge is 0.388 e. The van der Waals surface area contributed by atoms with E-state index in [9.17, 15) is 18.3 Å². The van der Waals surface area contributed by atoms with Gasteiger partial charge >= 0.3 is 0 Å². The van der Waals surface area contributed by atoms with Gasteiger partial charge in [-0.15, -0.1) is 0 Å². The Balaban J connectivity index is 1.94. The van der Waals surface area contributed by atoms with E-state index in [0.29, 0.717) is 19.1 Å². The number of ether oxygens (including phenoxy) is 1. The van der Waals surface area contributed by atoms with E-state index in [-0.39, 0.29) is 17.6 Å². The van der Waals surface area contributed by atoms with E-state index in [4.69, 9.17) is 4.74 Å². The van der Waals surface area contributed by atoms with Gasteiger partial charge in [-0.25, -0.2) is 13.2 Å². The van der Waals surface area contributed by atoms with Crippen molar-refractivity contribution in [3.05, 3.63) is 35.1 Å². The van der Waals surface area contributed by atoms with Gasteiger partial charge in [0.15, 0.2) is 11.6 Å². The van der Waals surface area contributed by atoms with Crippen molar-refractivity contribution in [1.29, 1.82) is 0 Å². The number of rotatable bonds is 5. The van der Waals surface area contributed by atoms with E-state index in [1.165, 1.54) is 0 Å². The summed E-state index contributed by atoms with van der Waals surface area (Å²) in [7, 11) is 0. The van der Waals surface area contributed by atoms with Crippen molar-refractivity contribution in [2.24, 2.45) is 5.92 Å². The van der Waals surface area contributed by atoms with Gasteiger partial charge in [-0.1, -0.05) is 0 Å². The smallest absolute Gasteiger partial charge is 0.161 e. The first-order valence-corrected chi connectivity index (χ1v) is 6.45. The van der Waals surface area contributed by atoms with Gasteiger partial charge in [0, 0.05) is 18.2 Å². The van der Waals surface area contributed by atoms with Crippen LogP contribution >= 0.6 is 0 Å². The highest BCUT2D eigenvalue weighted by Crippen LogP contribution is 2.37. The SMILES string of the molecule is CCOC1CC(CC(O)c2cc(F)c(F)cc2F)C1. The summed E-state index contributed by atoms with van der Waals surface area (Å²) < 4.78 is 44.7. The third-order valence-electron chi connectivity index (χ3n) is 3.55. The number of aliphatic hydroxyl groups is 1. The molecule has 0 spiro atoms. The van der Waals surface area contributed by atoms with Crippen molar-refractivity contribution in [2.75, 3.05) is 6.61 Å². The molecule has 1 atom stereocenters. The lowest BCUT2D eigenvalue weighted by Crippen LogP contribution is -2.32. The predicted molar refractivity (Wildman–Crippen MR) is 64.0 cm³/mol. The first-order chi connectivity index (χ1) is 9.01. The van der Waals surface area contributed by atoms with Crippen molar-refractivity contribution < 1.29 is 23.0 Å². The monoisotopic (exact) mass is 274 g/mol. The third-order valence-corrected chi connectivity index (χ3v) is 3.55. The molecule has 106 valence electrons. The number of benzene rings is 1. The van der Waals surface area contributed by atoms with Crippen molar-refractivity contribution in [3.63, 3.8) is 0 Å². The highest BCUT2D eigenvalue weighted by molar-refractivity contribution is 5.22. The Kier molecular flexibility index (Phi) is 4.47. The molecule has 0 amide bonds. The molecule has 1 saturated carbocycles. The zero-order valence-electron chi connectivity index (χ0n) is 10.7. The van der Waals surface area contributed by atoms with Crippen LogP contribution in [0.5, 0.6) is 0 Å². The Morgan fingerprint density at radius 3 is 2.47 bits per heavy atom. The molecule has 1 N–H and O–H groups in total. The fourth-order valence-corrected chi connectivity index (χ4v) is 2.47. The molecular weight excluding hydrogens is 257 g/mol. The summed E-state index contributed by atoms with van der Waals surface area (Å²) in [5.41, 5.74) is -0.182. The Morgan fingerprint density at radius 2 is 1.84 bits per heavy atom. The highest BCUT2D eigenvalue weighted by Gasteiger charge is 2.32. The van der Waals surface area contributed by atoms with Crippen molar-refractivity contribution in [2.45, 2.75) is 38.4 Å². The van der Waals surface area contributed by atoms with Crippen LogP contribution in [0.2, 0.25) is 0 Å². The van der Waals surface area contributed by atoms with Gasteiger partial charge in [-0.2, -0.15) is 0 Å². The van der Waals surface area contributed by atoms with Gasteiger partial charge in [0.25, 0.3) is 0 Å². The number of halogens is 3. The van der Waals surface area contributed by atoms with Crippen LogP contribution in [0, 0.1) is 23.4 Å². The minimum absolute atomic E-state index is 0.182. The zero-order valence-corrected chi connectivity index (χ0v) is 10.7. The van der Waals surface area contributed by atoms with Crippen LogP contribution in [0.15, 0.2) is 12.1 Å². The summed E-state index contributed by atoms with van der Waals surface area (Å²) in [5, 5.41) is 9.90. The van der Waals surface area contributed by atoms with Crippen LogP contribution in [0.25, 0.3) is 0 Å². The van der Waals surface area contributed by atoms with Crippen LogP contribution in [0.1, 0.15) is 37.9 Å². The van der Waals surface area contributed by atoms with Gasteiger partial charge < -0.3 is 9.84 Å². The van der Waals surface area contributed by atoms with Gasteiger partial charge in [0.05, 0.1) is 12.2 Å². The molecule has 1 aliphatic rings. The molecule has 2 nitrogen and oxygen atoms in total. The second-order valence-corrected chi connectivity index (χ2v) is 4.95. The fourth-order valence-electron chi connectivity index (χ4n) is 2.47. The van der Waals surface area contributed by atoms with Crippen molar-refractivity contribution in [1.82, 2.24) is 0 Å². The number of hydrogen-bond acceptors (Lipinski definition) is 2. The van der Waals surface area contributed by atoms with E-state index < -0.39 is 23.6 Å². The molecule has 1 aromatic carbocycles. The molecule has 0 radical (unpaired) electrons. The van der Waals surface area contributed by atoms with Crippen LogP contribution in [0.3, 0.4) is 0 Å². The van der Waals surface area contributed by atoms with E-state index in [1.807, 2.05) is 6.92 Å².